The van der Waals surface area contributed by atoms with Crippen LogP contribution in [0.2, 0.25) is 0 Å². The normalized spacial score (nSPS) is 10.1. The lowest BCUT2D eigenvalue weighted by Crippen LogP contribution is -2.33. The summed E-state index contributed by atoms with van der Waals surface area (Å²) in [4.78, 5) is 14.1. The van der Waals surface area contributed by atoms with Gasteiger partial charge in [0.1, 0.15) is 5.75 Å². The van der Waals surface area contributed by atoms with Crippen LogP contribution in [0.3, 0.4) is 0 Å². The number of methoxy groups -OCH3 is 1. The van der Waals surface area contributed by atoms with Gasteiger partial charge in [0.25, 0.3) is 5.91 Å². The number of ether oxygens (including phenoxy) is 1. The maximum Gasteiger partial charge on any atom is 0.251 e. The standard InChI is InChI=1S/C17H19IN2O2/c1-20(15-6-8-16(22-2)9-7-15)11-10-19-17(21)13-4-3-5-14(18)12-13/h3-9,12H,10-11H2,1-2H3,(H,19,21). The van der Waals surface area contributed by atoms with E-state index in [2.05, 4.69) is 32.8 Å². The number of nitrogens with zero attached hydrogens (tertiary/aromatic N) is 1. The summed E-state index contributed by atoms with van der Waals surface area (Å²) >= 11 is 2.20. The quantitative estimate of drug-likeness (QED) is 0.745. The van der Waals surface area contributed by atoms with Gasteiger partial charge in [-0.2, -0.15) is 0 Å². The van der Waals surface area contributed by atoms with Crippen LogP contribution < -0.4 is 15.0 Å². The summed E-state index contributed by atoms with van der Waals surface area (Å²) in [5.41, 5.74) is 1.78. The molecule has 4 nitrogen and oxygen atoms in total. The Hall–Kier alpha value is -1.76. The Kier molecular flexibility index (Phi) is 6.06. The number of rotatable bonds is 6. The van der Waals surface area contributed by atoms with Crippen LogP contribution in [0.1, 0.15) is 10.4 Å². The van der Waals surface area contributed by atoms with Crippen LogP contribution in [0, 0.1) is 3.57 Å². The van der Waals surface area contributed by atoms with E-state index in [1.165, 1.54) is 0 Å². The van der Waals surface area contributed by atoms with Gasteiger partial charge in [-0.3, -0.25) is 4.79 Å². The summed E-state index contributed by atoms with van der Waals surface area (Å²) in [6.45, 7) is 1.33. The van der Waals surface area contributed by atoms with Crippen molar-refractivity contribution in [3.05, 3.63) is 57.7 Å². The first-order valence-corrected chi connectivity index (χ1v) is 8.07. The van der Waals surface area contributed by atoms with Crippen LogP contribution >= 0.6 is 22.6 Å². The minimum Gasteiger partial charge on any atom is -0.497 e. The topological polar surface area (TPSA) is 41.6 Å². The van der Waals surface area contributed by atoms with E-state index < -0.39 is 0 Å². The lowest BCUT2D eigenvalue weighted by Gasteiger charge is -2.19. The number of amides is 1. The predicted octanol–water partition coefficient (Wildman–Crippen LogP) is 3.17. The van der Waals surface area contributed by atoms with Crippen molar-refractivity contribution in [3.63, 3.8) is 0 Å². The molecule has 0 saturated heterocycles. The number of benzene rings is 2. The van der Waals surface area contributed by atoms with E-state index in [9.17, 15) is 4.79 Å². The first kappa shape index (κ1) is 16.6. The van der Waals surface area contributed by atoms with Crippen LogP contribution in [0.4, 0.5) is 5.69 Å². The molecule has 0 bridgehead atoms. The molecular weight excluding hydrogens is 391 g/mol. The molecule has 0 aliphatic carbocycles. The Morgan fingerprint density at radius 2 is 1.95 bits per heavy atom. The van der Waals surface area contributed by atoms with Gasteiger partial charge in [0, 0.05) is 35.0 Å². The van der Waals surface area contributed by atoms with E-state index in [1.54, 1.807) is 7.11 Å². The highest BCUT2D eigenvalue weighted by Crippen LogP contribution is 2.17. The van der Waals surface area contributed by atoms with Crippen LogP contribution in [0.5, 0.6) is 5.75 Å². The highest BCUT2D eigenvalue weighted by molar-refractivity contribution is 14.1. The second-order valence-corrected chi connectivity index (χ2v) is 6.13. The Morgan fingerprint density at radius 1 is 1.23 bits per heavy atom. The molecule has 1 N–H and O–H groups in total. The van der Waals surface area contributed by atoms with Gasteiger partial charge in [0.15, 0.2) is 0 Å². The molecule has 0 unspecified atom stereocenters. The second kappa shape index (κ2) is 8.03. The summed E-state index contributed by atoms with van der Waals surface area (Å²) in [7, 11) is 3.65. The molecule has 0 radical (unpaired) electrons. The molecule has 22 heavy (non-hydrogen) atoms. The summed E-state index contributed by atoms with van der Waals surface area (Å²) in [5, 5.41) is 2.94. The third-order valence-electron chi connectivity index (χ3n) is 3.33. The average Bonchev–Trinajstić information content (AvgIpc) is 2.54. The zero-order chi connectivity index (χ0) is 15.9. The van der Waals surface area contributed by atoms with E-state index in [0.29, 0.717) is 12.1 Å². The van der Waals surface area contributed by atoms with Gasteiger partial charge >= 0.3 is 0 Å². The Bertz CT molecular complexity index is 629. The van der Waals surface area contributed by atoms with Crippen molar-refractivity contribution in [2.45, 2.75) is 0 Å². The van der Waals surface area contributed by atoms with Gasteiger partial charge in [0.2, 0.25) is 0 Å². The highest BCUT2D eigenvalue weighted by Gasteiger charge is 2.06. The summed E-state index contributed by atoms with van der Waals surface area (Å²) in [5.74, 6) is 0.797. The van der Waals surface area contributed by atoms with Crippen molar-refractivity contribution in [1.82, 2.24) is 5.32 Å². The van der Waals surface area contributed by atoms with Gasteiger partial charge in [-0.1, -0.05) is 6.07 Å². The van der Waals surface area contributed by atoms with Crippen molar-refractivity contribution in [1.29, 1.82) is 0 Å². The summed E-state index contributed by atoms with van der Waals surface area (Å²) in [6, 6.07) is 15.4. The number of nitrogens with one attached hydrogen (secondary N) is 1. The molecule has 2 aromatic carbocycles. The molecule has 1 amide bonds. The number of hydrogen-bond donors (Lipinski definition) is 1. The van der Waals surface area contributed by atoms with Gasteiger partial charge in [-0.25, -0.2) is 0 Å². The minimum absolute atomic E-state index is 0.0401. The van der Waals surface area contributed by atoms with E-state index in [0.717, 1.165) is 21.6 Å². The lowest BCUT2D eigenvalue weighted by atomic mass is 10.2. The molecule has 2 rings (SSSR count). The zero-order valence-corrected chi connectivity index (χ0v) is 14.8. The van der Waals surface area contributed by atoms with Gasteiger partial charge in [0.05, 0.1) is 7.11 Å². The molecule has 0 aliphatic rings. The van der Waals surface area contributed by atoms with Crippen LogP contribution in [0.15, 0.2) is 48.5 Å². The van der Waals surface area contributed by atoms with E-state index in [1.807, 2.05) is 55.6 Å². The number of hydrogen-bond acceptors (Lipinski definition) is 3. The van der Waals surface area contributed by atoms with Crippen molar-refractivity contribution in [3.8, 4) is 5.75 Å². The summed E-state index contributed by atoms with van der Waals surface area (Å²) in [6.07, 6.45) is 0. The first-order chi connectivity index (χ1) is 10.6. The maximum atomic E-state index is 12.0. The van der Waals surface area contributed by atoms with Crippen LogP contribution in [-0.2, 0) is 0 Å². The lowest BCUT2D eigenvalue weighted by molar-refractivity contribution is 0.0954. The van der Waals surface area contributed by atoms with Gasteiger partial charge in [-0.05, 0) is 65.1 Å². The molecule has 0 atom stereocenters. The number of halogens is 1. The Morgan fingerprint density at radius 3 is 2.59 bits per heavy atom. The van der Waals surface area contributed by atoms with E-state index >= 15 is 0 Å². The molecule has 116 valence electrons. The smallest absolute Gasteiger partial charge is 0.251 e. The molecule has 0 aliphatic heterocycles. The number of anilines is 1. The number of carbonyl (C=O) groups excluding carboxylic acids is 1. The second-order valence-electron chi connectivity index (χ2n) is 4.89. The molecule has 0 aromatic heterocycles. The van der Waals surface area contributed by atoms with Gasteiger partial charge in [-0.15, -0.1) is 0 Å². The third kappa shape index (κ3) is 4.62. The fourth-order valence-electron chi connectivity index (χ4n) is 2.03. The third-order valence-corrected chi connectivity index (χ3v) is 4.00. The van der Waals surface area contributed by atoms with E-state index in [4.69, 9.17) is 4.74 Å². The van der Waals surface area contributed by atoms with Crippen molar-refractivity contribution in [2.24, 2.45) is 0 Å². The molecule has 2 aromatic rings. The maximum absolute atomic E-state index is 12.0. The minimum atomic E-state index is -0.0401. The van der Waals surface area contributed by atoms with Crippen LogP contribution in [-0.4, -0.2) is 33.2 Å². The molecule has 0 spiro atoms. The average molecular weight is 410 g/mol. The molecule has 5 heteroatoms. The fraction of sp³-hybridized carbons (Fsp3) is 0.235. The van der Waals surface area contributed by atoms with E-state index in [-0.39, 0.29) is 5.91 Å². The van der Waals surface area contributed by atoms with Crippen molar-refractivity contribution in [2.75, 3.05) is 32.1 Å². The largest absolute Gasteiger partial charge is 0.497 e. The SMILES string of the molecule is COc1ccc(N(C)CCNC(=O)c2cccc(I)c2)cc1. The molecule has 0 heterocycles. The van der Waals surface area contributed by atoms with Crippen molar-refractivity contribution >= 4 is 34.2 Å². The number of likely N-dealkylation sites (N-methyl/N-ethyl adjacent to an activating group) is 1. The predicted molar refractivity (Wildman–Crippen MR) is 97.8 cm³/mol. The fourth-order valence-corrected chi connectivity index (χ4v) is 2.58. The Labute approximate surface area is 144 Å². The Balaban J connectivity index is 1.83. The first-order valence-electron chi connectivity index (χ1n) is 6.99. The highest BCUT2D eigenvalue weighted by atomic mass is 127. The zero-order valence-electron chi connectivity index (χ0n) is 12.7. The van der Waals surface area contributed by atoms with Gasteiger partial charge < -0.3 is 15.0 Å². The van der Waals surface area contributed by atoms with Crippen molar-refractivity contribution < 1.29 is 9.53 Å². The molecule has 0 fully saturated rings. The summed E-state index contributed by atoms with van der Waals surface area (Å²) < 4.78 is 6.20. The van der Waals surface area contributed by atoms with Crippen LogP contribution in [0.25, 0.3) is 0 Å². The molecular formula is C17H19IN2O2. The number of carbonyl (C=O) groups is 1. The molecule has 0 saturated carbocycles. The monoisotopic (exact) mass is 410 g/mol.